The van der Waals surface area contributed by atoms with Crippen LogP contribution in [0.2, 0.25) is 0 Å². The lowest BCUT2D eigenvalue weighted by Gasteiger charge is -2.11. The van der Waals surface area contributed by atoms with Crippen molar-refractivity contribution in [3.8, 4) is 5.69 Å². The molecule has 1 heterocycles. The first-order valence-electron chi connectivity index (χ1n) is 7.49. The number of carboxylic acid groups (broad SMARTS) is 1. The van der Waals surface area contributed by atoms with Gasteiger partial charge in [-0.1, -0.05) is 11.3 Å². The van der Waals surface area contributed by atoms with Crippen molar-refractivity contribution in [3.63, 3.8) is 0 Å². The smallest absolute Gasteiger partial charge is 0.435 e. The molecule has 2 N–H and O–H groups in total. The lowest BCUT2D eigenvalue weighted by molar-refractivity contribution is -0.143. The van der Waals surface area contributed by atoms with Gasteiger partial charge in [-0.25, -0.2) is 9.07 Å². The normalized spacial score (nSPS) is 11.4. The zero-order valence-electron chi connectivity index (χ0n) is 13.3. The monoisotopic (exact) mass is 374 g/mol. The molecule has 140 valence electrons. The number of rotatable bonds is 7. The second kappa shape index (κ2) is 7.93. The van der Waals surface area contributed by atoms with Gasteiger partial charge in [-0.3, -0.25) is 9.59 Å². The van der Waals surface area contributed by atoms with E-state index in [1.54, 1.807) is 0 Å². The maximum Gasteiger partial charge on any atom is 0.435 e. The molecule has 0 fully saturated rings. The van der Waals surface area contributed by atoms with Gasteiger partial charge in [-0.2, -0.15) is 13.2 Å². The fraction of sp³-hybridized carbons (Fsp3) is 0.333. The third-order valence-electron chi connectivity index (χ3n) is 3.31. The Morgan fingerprint density at radius 1 is 1.23 bits per heavy atom. The molecule has 1 aromatic carbocycles. The molecule has 0 aliphatic heterocycles. The van der Waals surface area contributed by atoms with Gasteiger partial charge < -0.3 is 10.4 Å². The summed E-state index contributed by atoms with van der Waals surface area (Å²) in [5, 5.41) is 17.3. The molecule has 11 heteroatoms. The number of halogens is 4. The van der Waals surface area contributed by atoms with E-state index in [-0.39, 0.29) is 31.5 Å². The number of unbranched alkanes of at least 4 members (excludes halogenated alkanes) is 1. The first kappa shape index (κ1) is 19.3. The molecule has 0 atom stereocenters. The molecule has 0 saturated carbocycles. The van der Waals surface area contributed by atoms with E-state index in [2.05, 4.69) is 15.6 Å². The molecule has 7 nitrogen and oxygen atoms in total. The third kappa shape index (κ3) is 4.77. The van der Waals surface area contributed by atoms with E-state index in [0.29, 0.717) is 4.68 Å². The van der Waals surface area contributed by atoms with E-state index < -0.39 is 35.3 Å². The number of hydrogen-bond donors (Lipinski definition) is 2. The molecule has 0 bridgehead atoms. The van der Waals surface area contributed by atoms with Crippen LogP contribution in [-0.2, 0) is 11.0 Å². The lowest BCUT2D eigenvalue weighted by Crippen LogP contribution is -2.28. The van der Waals surface area contributed by atoms with Crippen LogP contribution in [0.3, 0.4) is 0 Å². The molecule has 2 rings (SSSR count). The van der Waals surface area contributed by atoms with Crippen molar-refractivity contribution in [3.05, 3.63) is 41.5 Å². The highest BCUT2D eigenvalue weighted by atomic mass is 19.4. The number of nitrogens with zero attached hydrogens (tertiary/aromatic N) is 3. The Kier molecular flexibility index (Phi) is 5.90. The average molecular weight is 374 g/mol. The van der Waals surface area contributed by atoms with Crippen molar-refractivity contribution in [1.82, 2.24) is 20.3 Å². The zero-order valence-corrected chi connectivity index (χ0v) is 13.3. The van der Waals surface area contributed by atoms with Crippen molar-refractivity contribution in [2.24, 2.45) is 0 Å². The van der Waals surface area contributed by atoms with Crippen LogP contribution in [0.25, 0.3) is 5.69 Å². The van der Waals surface area contributed by atoms with Crippen LogP contribution < -0.4 is 5.32 Å². The van der Waals surface area contributed by atoms with Gasteiger partial charge in [0.05, 0.1) is 5.69 Å². The summed E-state index contributed by atoms with van der Waals surface area (Å²) in [4.78, 5) is 22.4. The van der Waals surface area contributed by atoms with Gasteiger partial charge in [0.15, 0.2) is 11.4 Å². The zero-order chi connectivity index (χ0) is 19.3. The molecule has 2 aromatic rings. The Morgan fingerprint density at radius 2 is 1.96 bits per heavy atom. The molecule has 26 heavy (non-hydrogen) atoms. The summed E-state index contributed by atoms with van der Waals surface area (Å²) < 4.78 is 53.8. The number of nitrogens with one attached hydrogen (secondary N) is 1. The number of carbonyl (C=O) groups excluding carboxylic acids is 1. The molecule has 0 saturated heterocycles. The molecule has 0 radical (unpaired) electrons. The highest BCUT2D eigenvalue weighted by Gasteiger charge is 2.42. The number of aromatic nitrogens is 3. The molecule has 0 aliphatic carbocycles. The van der Waals surface area contributed by atoms with Gasteiger partial charge in [-0.15, -0.1) is 5.10 Å². The van der Waals surface area contributed by atoms with Gasteiger partial charge in [0.2, 0.25) is 0 Å². The van der Waals surface area contributed by atoms with Gasteiger partial charge in [0, 0.05) is 13.0 Å². The van der Waals surface area contributed by atoms with E-state index in [9.17, 15) is 27.2 Å². The van der Waals surface area contributed by atoms with Crippen molar-refractivity contribution in [2.75, 3.05) is 6.54 Å². The van der Waals surface area contributed by atoms with E-state index in [0.717, 1.165) is 12.1 Å². The van der Waals surface area contributed by atoms with Gasteiger partial charge in [0.25, 0.3) is 5.91 Å². The van der Waals surface area contributed by atoms with Crippen molar-refractivity contribution >= 4 is 11.9 Å². The van der Waals surface area contributed by atoms with Crippen molar-refractivity contribution in [1.29, 1.82) is 0 Å². The number of carbonyl (C=O) groups is 2. The summed E-state index contributed by atoms with van der Waals surface area (Å²) in [5.74, 6) is -2.88. The number of aliphatic carboxylic acids is 1. The van der Waals surface area contributed by atoms with E-state index in [4.69, 9.17) is 5.11 Å². The molecular weight excluding hydrogens is 360 g/mol. The molecule has 0 aliphatic rings. The van der Waals surface area contributed by atoms with Crippen LogP contribution in [0.15, 0.2) is 24.3 Å². The van der Waals surface area contributed by atoms with Crippen LogP contribution in [0, 0.1) is 5.82 Å². The Hall–Kier alpha value is -2.98. The molecule has 1 amide bonds. The summed E-state index contributed by atoms with van der Waals surface area (Å²) in [5.41, 5.74) is -2.60. The number of amides is 1. The minimum Gasteiger partial charge on any atom is -0.481 e. The summed E-state index contributed by atoms with van der Waals surface area (Å²) in [6.07, 6.45) is -4.53. The first-order chi connectivity index (χ1) is 12.2. The number of hydrogen-bond acceptors (Lipinski definition) is 4. The number of benzene rings is 1. The quantitative estimate of drug-likeness (QED) is 0.573. The summed E-state index contributed by atoms with van der Waals surface area (Å²) in [7, 11) is 0. The Morgan fingerprint density at radius 3 is 2.58 bits per heavy atom. The maximum absolute atomic E-state index is 13.4. The van der Waals surface area contributed by atoms with Crippen molar-refractivity contribution < 1.29 is 32.3 Å². The SMILES string of the molecule is O=C(O)CCCCNC(=O)c1nnn(-c2cccc(F)c2)c1C(F)(F)F. The Labute approximate surface area is 144 Å². The fourth-order valence-electron chi connectivity index (χ4n) is 2.16. The predicted molar refractivity (Wildman–Crippen MR) is 80.1 cm³/mol. The van der Waals surface area contributed by atoms with E-state index >= 15 is 0 Å². The van der Waals surface area contributed by atoms with Crippen LogP contribution >= 0.6 is 0 Å². The standard InChI is InChI=1S/C15H14F4N4O3/c16-9-4-3-5-10(8-9)23-13(15(17,18)19)12(21-22-23)14(26)20-7-2-1-6-11(24)25/h3-5,8H,1-2,6-7H2,(H,20,26)(H,24,25). The van der Waals surface area contributed by atoms with Crippen LogP contribution in [-0.4, -0.2) is 38.5 Å². The van der Waals surface area contributed by atoms with E-state index in [1.165, 1.54) is 12.1 Å². The molecular formula is C15H14F4N4O3. The first-order valence-corrected chi connectivity index (χ1v) is 7.49. The van der Waals surface area contributed by atoms with Gasteiger partial charge in [-0.05, 0) is 31.0 Å². The number of alkyl halides is 3. The highest BCUT2D eigenvalue weighted by Crippen LogP contribution is 2.32. The highest BCUT2D eigenvalue weighted by molar-refractivity contribution is 5.93. The van der Waals surface area contributed by atoms with Crippen molar-refractivity contribution in [2.45, 2.75) is 25.4 Å². The predicted octanol–water partition coefficient (Wildman–Crippen LogP) is 2.41. The van der Waals surface area contributed by atoms with Crippen LogP contribution in [0.4, 0.5) is 17.6 Å². The van der Waals surface area contributed by atoms with E-state index in [1.807, 2.05) is 0 Å². The second-order valence-electron chi connectivity index (χ2n) is 5.28. The second-order valence-corrected chi connectivity index (χ2v) is 5.28. The lowest BCUT2D eigenvalue weighted by atomic mass is 10.2. The third-order valence-corrected chi connectivity index (χ3v) is 3.31. The Bertz CT molecular complexity index is 804. The number of carboxylic acids is 1. The summed E-state index contributed by atoms with van der Waals surface area (Å²) >= 11 is 0. The van der Waals surface area contributed by atoms with Gasteiger partial charge >= 0.3 is 12.1 Å². The topological polar surface area (TPSA) is 97.1 Å². The average Bonchev–Trinajstić information content (AvgIpc) is 2.99. The molecule has 1 aromatic heterocycles. The summed E-state index contributed by atoms with van der Waals surface area (Å²) in [6.45, 7) is -0.0176. The molecule has 0 spiro atoms. The fourth-order valence-corrected chi connectivity index (χ4v) is 2.16. The molecule has 0 unspecified atom stereocenters. The minimum atomic E-state index is -4.95. The maximum atomic E-state index is 13.4. The minimum absolute atomic E-state index is 0.0176. The van der Waals surface area contributed by atoms with Gasteiger partial charge in [0.1, 0.15) is 5.82 Å². The largest absolute Gasteiger partial charge is 0.481 e. The Balaban J connectivity index is 2.21. The van der Waals surface area contributed by atoms with Crippen LogP contribution in [0.1, 0.15) is 35.4 Å². The van der Waals surface area contributed by atoms with Crippen LogP contribution in [0.5, 0.6) is 0 Å². The summed E-state index contributed by atoms with van der Waals surface area (Å²) in [6, 6.07) is 4.28.